The van der Waals surface area contributed by atoms with Crippen LogP contribution in [0.5, 0.6) is 0 Å². The van der Waals surface area contributed by atoms with Crippen molar-refractivity contribution < 1.29 is 27.9 Å². The van der Waals surface area contributed by atoms with E-state index >= 15 is 0 Å². The Labute approximate surface area is 153 Å². The van der Waals surface area contributed by atoms with Crippen molar-refractivity contribution in [3.63, 3.8) is 0 Å². The molecule has 1 aromatic carbocycles. The number of benzene rings is 1. The molecule has 0 unspecified atom stereocenters. The van der Waals surface area contributed by atoms with Crippen LogP contribution in [0, 0.1) is 5.41 Å². The molecule has 0 aliphatic heterocycles. The van der Waals surface area contributed by atoms with Crippen LogP contribution in [0.15, 0.2) is 30.5 Å². The molecule has 0 atom stereocenters. The van der Waals surface area contributed by atoms with E-state index in [1.165, 1.54) is 18.2 Å². The van der Waals surface area contributed by atoms with Crippen LogP contribution < -0.4 is 5.32 Å². The third-order valence-corrected chi connectivity index (χ3v) is 5.09. The van der Waals surface area contributed by atoms with Crippen molar-refractivity contribution in [3.8, 4) is 5.69 Å². The first-order valence-corrected chi connectivity index (χ1v) is 8.48. The predicted octanol–water partition coefficient (Wildman–Crippen LogP) is 4.11. The molecule has 144 valence electrons. The molecule has 1 heterocycles. The van der Waals surface area contributed by atoms with E-state index in [0.717, 1.165) is 19.3 Å². The summed E-state index contributed by atoms with van der Waals surface area (Å²) in [5.41, 5.74) is -2.39. The van der Waals surface area contributed by atoms with Gasteiger partial charge in [-0.15, -0.1) is 0 Å². The summed E-state index contributed by atoms with van der Waals surface area (Å²) in [5.74, 6) is -1.87. The van der Waals surface area contributed by atoms with Crippen LogP contribution in [0.2, 0.25) is 0 Å². The lowest BCUT2D eigenvalue weighted by Gasteiger charge is -2.39. The van der Waals surface area contributed by atoms with Crippen LogP contribution in [0.3, 0.4) is 0 Å². The van der Waals surface area contributed by atoms with Gasteiger partial charge in [0.15, 0.2) is 5.69 Å². The Bertz CT molecular complexity index is 880. The number of carboxylic acids is 1. The molecule has 27 heavy (non-hydrogen) atoms. The Morgan fingerprint density at radius 2 is 2.04 bits per heavy atom. The number of aromatic nitrogens is 2. The quantitative estimate of drug-likeness (QED) is 0.816. The molecule has 1 aliphatic rings. The van der Waals surface area contributed by atoms with E-state index in [1.54, 1.807) is 6.07 Å². The van der Waals surface area contributed by atoms with Crippen LogP contribution in [-0.2, 0) is 11.0 Å². The van der Waals surface area contributed by atoms with Gasteiger partial charge in [-0.1, -0.05) is 19.4 Å². The maximum atomic E-state index is 13.4. The number of nitrogens with zero attached hydrogens (tertiary/aromatic N) is 2. The van der Waals surface area contributed by atoms with Gasteiger partial charge in [-0.2, -0.15) is 18.3 Å². The van der Waals surface area contributed by atoms with Crippen LogP contribution in [0.1, 0.15) is 48.7 Å². The zero-order valence-electron chi connectivity index (χ0n) is 14.5. The molecular weight excluding hydrogens is 363 g/mol. The monoisotopic (exact) mass is 381 g/mol. The fourth-order valence-electron chi connectivity index (χ4n) is 3.30. The van der Waals surface area contributed by atoms with Crippen molar-refractivity contribution in [1.29, 1.82) is 0 Å². The third kappa shape index (κ3) is 3.41. The lowest BCUT2D eigenvalue weighted by Crippen LogP contribution is -2.41. The normalized spacial score (nSPS) is 15.9. The number of anilines is 1. The van der Waals surface area contributed by atoms with Gasteiger partial charge in [0.25, 0.3) is 0 Å². The first kappa shape index (κ1) is 18.9. The Hall–Kier alpha value is -2.84. The molecule has 1 fully saturated rings. The second-order valence-electron chi connectivity index (χ2n) is 6.61. The van der Waals surface area contributed by atoms with Gasteiger partial charge in [-0.05, 0) is 37.5 Å². The zero-order valence-corrected chi connectivity index (χ0v) is 14.5. The first-order valence-electron chi connectivity index (χ1n) is 8.48. The molecule has 0 saturated heterocycles. The highest BCUT2D eigenvalue weighted by Crippen LogP contribution is 2.44. The number of alkyl halides is 3. The topological polar surface area (TPSA) is 84.2 Å². The summed E-state index contributed by atoms with van der Waals surface area (Å²) in [4.78, 5) is 23.6. The lowest BCUT2D eigenvalue weighted by atomic mass is 9.66. The number of amides is 1. The summed E-state index contributed by atoms with van der Waals surface area (Å²) in [6.45, 7) is 1.93. The number of rotatable bonds is 5. The molecule has 9 heteroatoms. The van der Waals surface area contributed by atoms with Gasteiger partial charge in [-0.25, -0.2) is 9.48 Å². The van der Waals surface area contributed by atoms with Crippen LogP contribution in [-0.4, -0.2) is 26.8 Å². The number of carbonyl (C=O) groups excluding carboxylic acids is 1. The molecule has 2 N–H and O–H groups in total. The summed E-state index contributed by atoms with van der Waals surface area (Å²) in [5, 5.41) is 15.3. The van der Waals surface area contributed by atoms with E-state index in [9.17, 15) is 22.8 Å². The first-order chi connectivity index (χ1) is 12.7. The average molecular weight is 381 g/mol. The smallest absolute Gasteiger partial charge is 0.434 e. The number of nitrogens with one attached hydrogen (secondary N) is 1. The molecule has 3 rings (SSSR count). The molecular formula is C18H18F3N3O3. The van der Waals surface area contributed by atoms with Crippen LogP contribution in [0.25, 0.3) is 5.69 Å². The summed E-state index contributed by atoms with van der Waals surface area (Å²) in [6.07, 6.45) is -0.999. The third-order valence-electron chi connectivity index (χ3n) is 5.09. The van der Waals surface area contributed by atoms with Gasteiger partial charge in [0.05, 0.1) is 11.9 Å². The number of carbonyl (C=O) groups is 2. The van der Waals surface area contributed by atoms with Gasteiger partial charge in [-0.3, -0.25) is 4.79 Å². The van der Waals surface area contributed by atoms with Crippen molar-refractivity contribution in [1.82, 2.24) is 9.78 Å². The number of aromatic carboxylic acids is 1. The molecule has 1 saturated carbocycles. The van der Waals surface area contributed by atoms with Gasteiger partial charge in [0, 0.05) is 11.1 Å². The summed E-state index contributed by atoms with van der Waals surface area (Å²) in [6, 6.07) is 5.75. The van der Waals surface area contributed by atoms with Crippen molar-refractivity contribution in [2.24, 2.45) is 5.41 Å². The van der Waals surface area contributed by atoms with Crippen molar-refractivity contribution in [2.45, 2.75) is 38.8 Å². The van der Waals surface area contributed by atoms with Crippen molar-refractivity contribution in [3.05, 3.63) is 41.7 Å². The predicted molar refractivity (Wildman–Crippen MR) is 90.7 cm³/mol. The summed E-state index contributed by atoms with van der Waals surface area (Å²) < 4.78 is 40.6. The highest BCUT2D eigenvalue weighted by molar-refractivity contribution is 5.96. The molecule has 1 amide bonds. The fourth-order valence-corrected chi connectivity index (χ4v) is 3.30. The van der Waals surface area contributed by atoms with Gasteiger partial charge >= 0.3 is 12.1 Å². The number of carboxylic acid groups (broad SMARTS) is 1. The van der Waals surface area contributed by atoms with Crippen molar-refractivity contribution >= 4 is 17.6 Å². The second kappa shape index (κ2) is 6.71. The largest absolute Gasteiger partial charge is 0.478 e. The minimum absolute atomic E-state index is 0.00628. The second-order valence-corrected chi connectivity index (χ2v) is 6.61. The average Bonchev–Trinajstić information content (AvgIpc) is 3.00. The van der Waals surface area contributed by atoms with Crippen LogP contribution >= 0.6 is 0 Å². The lowest BCUT2D eigenvalue weighted by molar-refractivity contribution is -0.143. The summed E-state index contributed by atoms with van der Waals surface area (Å²) in [7, 11) is 0. The number of hydrogen-bond acceptors (Lipinski definition) is 3. The van der Waals surface area contributed by atoms with Crippen LogP contribution in [0.4, 0.5) is 18.9 Å². The van der Waals surface area contributed by atoms with E-state index in [0.29, 0.717) is 23.0 Å². The highest BCUT2D eigenvalue weighted by atomic mass is 19.4. The highest BCUT2D eigenvalue weighted by Gasteiger charge is 2.42. The minimum Gasteiger partial charge on any atom is -0.478 e. The van der Waals surface area contributed by atoms with E-state index in [1.807, 2.05) is 6.92 Å². The van der Waals surface area contributed by atoms with E-state index in [2.05, 4.69) is 10.4 Å². The Morgan fingerprint density at radius 1 is 1.33 bits per heavy atom. The molecule has 0 radical (unpaired) electrons. The fraction of sp³-hybridized carbons (Fsp3) is 0.389. The Morgan fingerprint density at radius 3 is 2.56 bits per heavy atom. The Balaban J connectivity index is 1.95. The van der Waals surface area contributed by atoms with E-state index < -0.39 is 28.8 Å². The van der Waals surface area contributed by atoms with Gasteiger partial charge < -0.3 is 10.4 Å². The van der Waals surface area contributed by atoms with Gasteiger partial charge in [0.1, 0.15) is 5.56 Å². The van der Waals surface area contributed by atoms with E-state index in [-0.39, 0.29) is 11.6 Å². The molecule has 0 spiro atoms. The molecule has 0 bridgehead atoms. The minimum atomic E-state index is -4.90. The Kier molecular flexibility index (Phi) is 4.71. The molecule has 1 aliphatic carbocycles. The maximum Gasteiger partial charge on any atom is 0.434 e. The standard InChI is InChI=1S/C18H18F3N3O3/c1-2-17(7-4-8-17)16(27)23-11-5-3-6-12(9-11)24-14(18(19,20)21)13(10-22-24)15(25)26/h3,5-6,9-10H,2,4,7-8H2,1H3,(H,23,27)(H,25,26). The molecule has 1 aromatic heterocycles. The van der Waals surface area contributed by atoms with E-state index in [4.69, 9.17) is 5.11 Å². The maximum absolute atomic E-state index is 13.4. The van der Waals surface area contributed by atoms with Gasteiger partial charge in [0.2, 0.25) is 5.91 Å². The molecule has 2 aromatic rings. The number of halogens is 3. The molecule has 6 nitrogen and oxygen atoms in total. The summed E-state index contributed by atoms with van der Waals surface area (Å²) >= 11 is 0. The number of hydrogen-bond donors (Lipinski definition) is 2. The SMILES string of the molecule is CCC1(C(=O)Nc2cccc(-n3ncc(C(=O)O)c3C(F)(F)F)c2)CCC1. The van der Waals surface area contributed by atoms with Crippen molar-refractivity contribution in [2.75, 3.05) is 5.32 Å². The zero-order chi connectivity index (χ0) is 19.8.